The molecule has 24 heavy (non-hydrogen) atoms. The maximum Gasteiger partial charge on any atom is 0.225 e. The van der Waals surface area contributed by atoms with Crippen LogP contribution >= 0.6 is 0 Å². The predicted molar refractivity (Wildman–Crippen MR) is 95.1 cm³/mol. The first-order valence-corrected chi connectivity index (χ1v) is 8.97. The zero-order valence-electron chi connectivity index (χ0n) is 15.9. The number of carbonyl (C=O) groups is 1. The van der Waals surface area contributed by atoms with E-state index in [1.54, 1.807) is 7.11 Å². The molecule has 1 aliphatic rings. The third-order valence-electron chi connectivity index (χ3n) is 4.73. The van der Waals surface area contributed by atoms with Crippen molar-refractivity contribution in [1.82, 2.24) is 20.0 Å². The molecule has 0 unspecified atom stereocenters. The monoisotopic (exact) mass is 336 g/mol. The summed E-state index contributed by atoms with van der Waals surface area (Å²) in [4.78, 5) is 14.1. The fraction of sp³-hybridized carbons (Fsp3) is 0.778. The highest BCUT2D eigenvalue weighted by atomic mass is 16.5. The maximum atomic E-state index is 12.1. The summed E-state index contributed by atoms with van der Waals surface area (Å²) in [7, 11) is 3.62. The highest BCUT2D eigenvalue weighted by Gasteiger charge is 2.25. The van der Waals surface area contributed by atoms with Crippen molar-refractivity contribution in [2.75, 3.05) is 20.2 Å². The zero-order chi connectivity index (χ0) is 17.9. The summed E-state index contributed by atoms with van der Waals surface area (Å²) < 4.78 is 7.35. The van der Waals surface area contributed by atoms with E-state index >= 15 is 0 Å². The third-order valence-corrected chi connectivity index (χ3v) is 4.73. The number of likely N-dealkylation sites (tertiary alicyclic amines) is 1. The molecule has 0 spiro atoms. The van der Waals surface area contributed by atoms with Crippen molar-refractivity contribution in [3.63, 3.8) is 0 Å². The summed E-state index contributed by atoms with van der Waals surface area (Å²) >= 11 is 0. The molecule has 2 heterocycles. The molecule has 1 N–H and O–H groups in total. The van der Waals surface area contributed by atoms with Crippen molar-refractivity contribution in [2.45, 2.75) is 59.0 Å². The number of hydrogen-bond acceptors (Lipinski definition) is 4. The largest absolute Gasteiger partial charge is 0.481 e. The van der Waals surface area contributed by atoms with Gasteiger partial charge < -0.3 is 15.0 Å². The average molecular weight is 336 g/mol. The van der Waals surface area contributed by atoms with Crippen LogP contribution in [0.4, 0.5) is 0 Å². The second-order valence-corrected chi connectivity index (χ2v) is 7.29. The van der Waals surface area contributed by atoms with Crippen molar-refractivity contribution < 1.29 is 9.53 Å². The number of aromatic nitrogens is 2. The summed E-state index contributed by atoms with van der Waals surface area (Å²) in [6.45, 7) is 10.7. The van der Waals surface area contributed by atoms with E-state index in [0.29, 0.717) is 12.0 Å². The van der Waals surface area contributed by atoms with Gasteiger partial charge in [0, 0.05) is 38.6 Å². The van der Waals surface area contributed by atoms with Gasteiger partial charge in [-0.25, -0.2) is 4.68 Å². The Bertz CT molecular complexity index is 558. The van der Waals surface area contributed by atoms with Crippen LogP contribution in [0.3, 0.4) is 0 Å². The summed E-state index contributed by atoms with van der Waals surface area (Å²) in [6, 6.07) is 0.436. The van der Waals surface area contributed by atoms with Gasteiger partial charge in [0.2, 0.25) is 11.8 Å². The first-order valence-electron chi connectivity index (χ1n) is 8.97. The molecule has 1 saturated heterocycles. The van der Waals surface area contributed by atoms with Crippen molar-refractivity contribution in [2.24, 2.45) is 13.0 Å². The fourth-order valence-corrected chi connectivity index (χ4v) is 3.37. The van der Waals surface area contributed by atoms with Crippen LogP contribution in [0.1, 0.15) is 57.7 Å². The lowest BCUT2D eigenvalue weighted by Crippen LogP contribution is -2.46. The van der Waals surface area contributed by atoms with E-state index in [0.717, 1.165) is 49.6 Å². The van der Waals surface area contributed by atoms with Gasteiger partial charge >= 0.3 is 0 Å². The lowest BCUT2D eigenvalue weighted by molar-refractivity contribution is -0.135. The first kappa shape index (κ1) is 18.8. The molecule has 0 aromatic carbocycles. The van der Waals surface area contributed by atoms with Crippen molar-refractivity contribution in [3.8, 4) is 5.88 Å². The molecule has 0 radical (unpaired) electrons. The van der Waals surface area contributed by atoms with Crippen LogP contribution in [0, 0.1) is 5.92 Å². The topological polar surface area (TPSA) is 59.4 Å². The number of rotatable bonds is 6. The van der Waals surface area contributed by atoms with Gasteiger partial charge in [-0.3, -0.25) is 4.79 Å². The van der Waals surface area contributed by atoms with E-state index in [2.05, 4.69) is 24.3 Å². The molecule has 6 nitrogen and oxygen atoms in total. The van der Waals surface area contributed by atoms with Gasteiger partial charge in [0.05, 0.1) is 18.4 Å². The highest BCUT2D eigenvalue weighted by Crippen LogP contribution is 2.27. The Hall–Kier alpha value is -1.56. The lowest BCUT2D eigenvalue weighted by Gasteiger charge is -2.33. The van der Waals surface area contributed by atoms with Gasteiger partial charge in [-0.15, -0.1) is 0 Å². The Kier molecular flexibility index (Phi) is 6.27. The number of amides is 1. The number of aryl methyl sites for hydroxylation is 1. The Balaban J connectivity index is 1.94. The van der Waals surface area contributed by atoms with Crippen LogP contribution in [0.5, 0.6) is 5.88 Å². The van der Waals surface area contributed by atoms with Crippen molar-refractivity contribution in [1.29, 1.82) is 0 Å². The van der Waals surface area contributed by atoms with Gasteiger partial charge in [0.1, 0.15) is 0 Å². The van der Waals surface area contributed by atoms with Gasteiger partial charge in [-0.2, -0.15) is 5.10 Å². The number of ether oxygens (including phenoxy) is 1. The van der Waals surface area contributed by atoms with Gasteiger partial charge in [0.15, 0.2) is 0 Å². The number of piperidine rings is 1. The molecule has 0 bridgehead atoms. The van der Waals surface area contributed by atoms with Crippen LogP contribution in [0.15, 0.2) is 0 Å². The van der Waals surface area contributed by atoms with Crippen molar-refractivity contribution in [3.05, 3.63) is 11.3 Å². The molecule has 0 aliphatic carbocycles. The van der Waals surface area contributed by atoms with Crippen LogP contribution in [0.2, 0.25) is 0 Å². The summed E-state index contributed by atoms with van der Waals surface area (Å²) in [5.41, 5.74) is 2.24. The molecule has 0 saturated carbocycles. The molecular weight excluding hydrogens is 304 g/mol. The molecule has 1 aliphatic heterocycles. The zero-order valence-corrected chi connectivity index (χ0v) is 15.9. The van der Waals surface area contributed by atoms with E-state index < -0.39 is 0 Å². The van der Waals surface area contributed by atoms with Crippen LogP contribution in [0.25, 0.3) is 0 Å². The van der Waals surface area contributed by atoms with E-state index in [-0.39, 0.29) is 11.8 Å². The quantitative estimate of drug-likeness (QED) is 0.866. The maximum absolute atomic E-state index is 12.1. The normalized spacial score (nSPS) is 16.2. The Labute approximate surface area is 145 Å². The molecule has 6 heteroatoms. The molecule has 1 amide bonds. The van der Waals surface area contributed by atoms with Crippen LogP contribution in [-0.4, -0.2) is 46.8 Å². The lowest BCUT2D eigenvalue weighted by atomic mass is 10.0. The average Bonchev–Trinajstić information content (AvgIpc) is 2.88. The second-order valence-electron chi connectivity index (χ2n) is 7.29. The molecule has 1 aromatic rings. The van der Waals surface area contributed by atoms with Gasteiger partial charge in [0.25, 0.3) is 0 Å². The summed E-state index contributed by atoms with van der Waals surface area (Å²) in [5.74, 6) is 1.55. The molecule has 136 valence electrons. The number of nitrogens with one attached hydrogen (secondary N) is 1. The number of methoxy groups -OCH3 is 1. The Morgan fingerprint density at radius 2 is 1.92 bits per heavy atom. The predicted octanol–water partition coefficient (Wildman–Crippen LogP) is 2.29. The minimum absolute atomic E-state index is 0.0859. The summed E-state index contributed by atoms with van der Waals surface area (Å²) in [6.07, 6.45) is 2.00. The minimum Gasteiger partial charge on any atom is -0.481 e. The SMILES string of the molecule is COc1c(CNC2CCN(C(=O)C(C)C)CC2)c(C(C)C)nn1C. The molecule has 2 rings (SSSR count). The van der Waals surface area contributed by atoms with E-state index in [1.165, 1.54) is 0 Å². The first-order chi connectivity index (χ1) is 11.3. The summed E-state index contributed by atoms with van der Waals surface area (Å²) in [5, 5.41) is 8.24. The number of carbonyl (C=O) groups excluding carboxylic acids is 1. The highest BCUT2D eigenvalue weighted by molar-refractivity contribution is 5.78. The minimum atomic E-state index is 0.0859. The van der Waals surface area contributed by atoms with Crippen molar-refractivity contribution >= 4 is 5.91 Å². The van der Waals surface area contributed by atoms with Crippen LogP contribution in [-0.2, 0) is 18.4 Å². The third kappa shape index (κ3) is 4.09. The number of nitrogens with zero attached hydrogens (tertiary/aromatic N) is 3. The van der Waals surface area contributed by atoms with Gasteiger partial charge in [-0.05, 0) is 18.8 Å². The fourth-order valence-electron chi connectivity index (χ4n) is 3.37. The molecular formula is C18H32N4O2. The second kappa shape index (κ2) is 8.01. The van der Waals surface area contributed by atoms with Crippen LogP contribution < -0.4 is 10.1 Å². The van der Waals surface area contributed by atoms with Gasteiger partial charge in [-0.1, -0.05) is 27.7 Å². The smallest absolute Gasteiger partial charge is 0.225 e. The molecule has 0 atom stereocenters. The molecule has 1 fully saturated rings. The molecule has 1 aromatic heterocycles. The Morgan fingerprint density at radius 1 is 1.29 bits per heavy atom. The van der Waals surface area contributed by atoms with E-state index in [1.807, 2.05) is 30.5 Å². The standard InChI is InChI=1S/C18H32N4O2/c1-12(2)16-15(18(24-6)21(5)20-16)11-19-14-7-9-22(10-8-14)17(23)13(3)4/h12-14,19H,7-11H2,1-6H3. The Morgan fingerprint density at radius 3 is 2.42 bits per heavy atom. The number of hydrogen-bond donors (Lipinski definition) is 1. The van der Waals surface area contributed by atoms with E-state index in [4.69, 9.17) is 4.74 Å². The van der Waals surface area contributed by atoms with E-state index in [9.17, 15) is 4.79 Å².